The molecule has 1 atom stereocenters. The first kappa shape index (κ1) is 21.4. The Morgan fingerprint density at radius 2 is 1.87 bits per heavy atom. The van der Waals surface area contributed by atoms with E-state index in [0.29, 0.717) is 30.3 Å². The normalized spacial score (nSPS) is 18.7. The van der Waals surface area contributed by atoms with Gasteiger partial charge in [-0.1, -0.05) is 13.0 Å². The molecule has 8 heteroatoms. The summed E-state index contributed by atoms with van der Waals surface area (Å²) in [6.07, 6.45) is 2.27. The van der Waals surface area contributed by atoms with Crippen molar-refractivity contribution in [2.75, 3.05) is 25.5 Å². The van der Waals surface area contributed by atoms with Crippen molar-refractivity contribution in [1.82, 2.24) is 4.90 Å². The Morgan fingerprint density at radius 3 is 2.47 bits per heavy atom. The molecule has 8 nitrogen and oxygen atoms in total. The topological polar surface area (TPSA) is 91.1 Å². The summed E-state index contributed by atoms with van der Waals surface area (Å²) < 4.78 is 7.07. The van der Waals surface area contributed by atoms with Crippen LogP contribution in [0.15, 0.2) is 34.5 Å². The number of hydrogen-bond donors (Lipinski definition) is 1. The highest BCUT2D eigenvalue weighted by Crippen LogP contribution is 2.29. The molecule has 1 aromatic rings. The third-order valence-corrected chi connectivity index (χ3v) is 5.05. The van der Waals surface area contributed by atoms with Crippen molar-refractivity contribution in [3.05, 3.63) is 40.7 Å². The van der Waals surface area contributed by atoms with E-state index in [4.69, 9.17) is 4.74 Å². The van der Waals surface area contributed by atoms with Crippen LogP contribution < -0.4 is 5.32 Å². The van der Waals surface area contributed by atoms with Crippen molar-refractivity contribution in [3.8, 4) is 0 Å². The van der Waals surface area contributed by atoms with Gasteiger partial charge < -0.3 is 10.1 Å². The average Bonchev–Trinajstić information content (AvgIpc) is 2.68. The van der Waals surface area contributed by atoms with Crippen molar-refractivity contribution < 1.29 is 23.7 Å². The number of rotatable bonds is 6. The van der Waals surface area contributed by atoms with Crippen molar-refractivity contribution in [2.45, 2.75) is 34.1 Å². The number of hydrogen-bond acceptors (Lipinski definition) is 5. The van der Waals surface area contributed by atoms with Gasteiger partial charge in [0.2, 0.25) is 0 Å². The Balaban J connectivity index is 1.88. The second kappa shape index (κ2) is 8.61. The maximum atomic E-state index is 13.2. The van der Waals surface area contributed by atoms with Gasteiger partial charge in [-0.2, -0.15) is 9.48 Å². The van der Waals surface area contributed by atoms with Crippen molar-refractivity contribution in [3.63, 3.8) is 0 Å². The number of aliphatic imine (C=N–C) groups is 1. The number of benzene rings is 1. The summed E-state index contributed by atoms with van der Waals surface area (Å²) in [5.74, 6) is -0.974. The maximum Gasteiger partial charge on any atom is 0.446 e. The van der Waals surface area contributed by atoms with E-state index in [0.717, 1.165) is 21.6 Å². The lowest BCUT2D eigenvalue weighted by Gasteiger charge is -2.29. The first-order valence-electron chi connectivity index (χ1n) is 10.0. The Kier molecular flexibility index (Phi) is 6.14. The number of dihydropyridines is 1. The molecule has 0 fully saturated rings. The molecule has 0 saturated heterocycles. The molecular formula is C22H27N4O4+. The van der Waals surface area contributed by atoms with E-state index in [9.17, 15) is 14.4 Å². The molecule has 1 unspecified atom stereocenters. The molecule has 158 valence electrons. The Hall–Kier alpha value is -3.29. The third-order valence-electron chi connectivity index (χ3n) is 5.05. The molecular weight excluding hydrogens is 384 g/mol. The molecule has 30 heavy (non-hydrogen) atoms. The summed E-state index contributed by atoms with van der Waals surface area (Å²) in [7, 11) is 1.55. The quantitative estimate of drug-likeness (QED) is 0.729. The number of carbonyl (C=O) groups is 3. The van der Waals surface area contributed by atoms with Crippen LogP contribution in [-0.4, -0.2) is 59.6 Å². The zero-order valence-corrected chi connectivity index (χ0v) is 18.0. The van der Waals surface area contributed by atoms with Gasteiger partial charge in [0, 0.05) is 11.3 Å². The fourth-order valence-electron chi connectivity index (χ4n) is 3.75. The Labute approximate surface area is 175 Å². The van der Waals surface area contributed by atoms with Crippen LogP contribution in [0.4, 0.5) is 10.5 Å². The Bertz CT molecular complexity index is 986. The summed E-state index contributed by atoms with van der Waals surface area (Å²) in [6, 6.07) is 5.08. The molecule has 1 N–H and O–H groups in total. The number of carbonyl (C=O) groups excluding carboxylic acids is 3. The minimum Gasteiger partial charge on any atom is -0.496 e. The number of imide groups is 1. The predicted octanol–water partition coefficient (Wildman–Crippen LogP) is 2.65. The van der Waals surface area contributed by atoms with E-state index in [-0.39, 0.29) is 6.54 Å². The molecule has 4 amide bonds. The van der Waals surface area contributed by atoms with Crippen molar-refractivity contribution >= 4 is 35.6 Å². The van der Waals surface area contributed by atoms with Gasteiger partial charge >= 0.3 is 11.9 Å². The van der Waals surface area contributed by atoms with Gasteiger partial charge in [-0.3, -0.25) is 9.59 Å². The van der Waals surface area contributed by atoms with Crippen LogP contribution in [0.5, 0.6) is 0 Å². The summed E-state index contributed by atoms with van der Waals surface area (Å²) >= 11 is 0. The molecule has 0 aliphatic carbocycles. The van der Waals surface area contributed by atoms with Crippen molar-refractivity contribution in [1.29, 1.82) is 0 Å². The molecule has 2 aliphatic rings. The second-order valence-electron chi connectivity index (χ2n) is 7.42. The molecule has 3 rings (SSSR count). The first-order chi connectivity index (χ1) is 14.3. The molecule has 0 radical (unpaired) electrons. The standard InChI is InChI=1S/C22H26N4O4/c1-6-15-11-23-20-18(19(15)30-7-2)21(28)26(22(29)25(20)5)12-17(27)24-16-9-13(3)8-14(4)10-16/h8-11,18H,6-7,12H2,1-5H3/p+1. The number of amidine groups is 1. The highest BCUT2D eigenvalue weighted by molar-refractivity contribution is 6.17. The average molecular weight is 411 g/mol. The summed E-state index contributed by atoms with van der Waals surface area (Å²) in [6.45, 7) is 7.65. The van der Waals surface area contributed by atoms with Crippen LogP contribution in [0.1, 0.15) is 31.4 Å². The fourth-order valence-corrected chi connectivity index (χ4v) is 3.75. The first-order valence-corrected chi connectivity index (χ1v) is 10.0. The van der Waals surface area contributed by atoms with Crippen LogP contribution in [0.3, 0.4) is 0 Å². The lowest BCUT2D eigenvalue weighted by Crippen LogP contribution is -2.56. The number of nitrogens with zero attached hydrogens (tertiary/aromatic N) is 3. The summed E-state index contributed by atoms with van der Waals surface area (Å²) in [5, 5.41) is 2.77. The van der Waals surface area contributed by atoms with E-state index >= 15 is 0 Å². The number of anilines is 1. The van der Waals surface area contributed by atoms with Gasteiger partial charge in [0.25, 0.3) is 11.7 Å². The SMILES string of the molecule is CCOC1=C(CC)C=NC2=[N+](C)C(=O)N(CC(=O)Nc3cc(C)cc(C)c3)C(=O)C12. The number of aryl methyl sites for hydroxylation is 2. The second-order valence-corrected chi connectivity index (χ2v) is 7.42. The predicted molar refractivity (Wildman–Crippen MR) is 114 cm³/mol. The van der Waals surface area contributed by atoms with E-state index in [1.54, 1.807) is 13.3 Å². The van der Waals surface area contributed by atoms with E-state index in [1.807, 2.05) is 45.9 Å². The number of allylic oxidation sites excluding steroid dienone is 1. The fraction of sp³-hybridized carbons (Fsp3) is 0.409. The van der Waals surface area contributed by atoms with E-state index in [2.05, 4.69) is 10.3 Å². The number of amides is 4. The van der Waals surface area contributed by atoms with Gasteiger partial charge in [-0.05, 0) is 50.5 Å². The van der Waals surface area contributed by atoms with Gasteiger partial charge in [0.15, 0.2) is 12.5 Å². The monoisotopic (exact) mass is 411 g/mol. The largest absolute Gasteiger partial charge is 0.496 e. The minimum absolute atomic E-state index is 0.316. The zero-order chi connectivity index (χ0) is 22.0. The summed E-state index contributed by atoms with van der Waals surface area (Å²) in [5.41, 5.74) is 3.45. The number of urea groups is 1. The van der Waals surface area contributed by atoms with Gasteiger partial charge in [0.1, 0.15) is 12.0 Å². The smallest absolute Gasteiger partial charge is 0.446 e. The lowest BCUT2D eigenvalue weighted by molar-refractivity contribution is -0.408. The molecule has 0 aromatic heterocycles. The van der Waals surface area contributed by atoms with Crippen molar-refractivity contribution in [2.24, 2.45) is 10.9 Å². The van der Waals surface area contributed by atoms with Gasteiger partial charge in [0.05, 0.1) is 13.7 Å². The number of ether oxygens (including phenoxy) is 1. The van der Waals surface area contributed by atoms with Crippen LogP contribution in [0, 0.1) is 19.8 Å². The zero-order valence-electron chi connectivity index (χ0n) is 18.0. The summed E-state index contributed by atoms with van der Waals surface area (Å²) in [4.78, 5) is 44.0. The minimum atomic E-state index is -0.832. The molecule has 0 bridgehead atoms. The number of fused-ring (bicyclic) bond motifs is 1. The van der Waals surface area contributed by atoms with Gasteiger partial charge in [-0.15, -0.1) is 4.99 Å². The van der Waals surface area contributed by atoms with Crippen LogP contribution >= 0.6 is 0 Å². The number of nitrogens with one attached hydrogen (secondary N) is 1. The third kappa shape index (κ3) is 4.03. The van der Waals surface area contributed by atoms with Crippen LogP contribution in [-0.2, 0) is 14.3 Å². The molecule has 0 saturated carbocycles. The molecule has 2 heterocycles. The molecule has 2 aliphatic heterocycles. The molecule has 0 spiro atoms. The lowest BCUT2D eigenvalue weighted by atomic mass is 9.94. The van der Waals surface area contributed by atoms with E-state index < -0.39 is 23.8 Å². The Morgan fingerprint density at radius 1 is 1.20 bits per heavy atom. The highest BCUT2D eigenvalue weighted by atomic mass is 16.5. The molecule has 1 aromatic carbocycles. The van der Waals surface area contributed by atoms with Crippen LogP contribution in [0.25, 0.3) is 0 Å². The van der Waals surface area contributed by atoms with Crippen LogP contribution in [0.2, 0.25) is 0 Å². The van der Waals surface area contributed by atoms with Gasteiger partial charge in [-0.25, -0.2) is 4.79 Å². The van der Waals surface area contributed by atoms with E-state index in [1.165, 1.54) is 4.58 Å². The maximum absolute atomic E-state index is 13.2. The highest BCUT2D eigenvalue weighted by Gasteiger charge is 2.51.